The van der Waals surface area contributed by atoms with Crippen LogP contribution in [0, 0.1) is 0 Å². The van der Waals surface area contributed by atoms with Crippen LogP contribution in [-0.4, -0.2) is 12.6 Å². The van der Waals surface area contributed by atoms with Crippen LogP contribution in [0.25, 0.3) is 0 Å². The summed E-state index contributed by atoms with van der Waals surface area (Å²) in [6.45, 7) is 5.09. The van der Waals surface area contributed by atoms with Crippen molar-refractivity contribution in [3.8, 4) is 0 Å². The van der Waals surface area contributed by atoms with Gasteiger partial charge in [0.25, 0.3) is 0 Å². The van der Waals surface area contributed by atoms with E-state index in [9.17, 15) is 9.59 Å². The van der Waals surface area contributed by atoms with E-state index < -0.39 is 0 Å². The molecule has 156 valence electrons. The van der Waals surface area contributed by atoms with Crippen LogP contribution >= 0.6 is 0 Å². The quantitative estimate of drug-likeness (QED) is 0.271. The minimum atomic E-state index is 0.369. The summed E-state index contributed by atoms with van der Waals surface area (Å²) < 4.78 is 5.93. The van der Waals surface area contributed by atoms with Gasteiger partial charge in [-0.25, -0.2) is 0 Å². The summed E-state index contributed by atoms with van der Waals surface area (Å²) in [5.41, 5.74) is 5.55. The third-order valence-electron chi connectivity index (χ3n) is 5.42. The van der Waals surface area contributed by atoms with Crippen LogP contribution in [0.2, 0.25) is 0 Å². The number of hydrogen-bond donors (Lipinski definition) is 0. The Hall–Kier alpha value is -2.26. The van der Waals surface area contributed by atoms with Crippen molar-refractivity contribution in [2.24, 2.45) is 0 Å². The van der Waals surface area contributed by atoms with Crippen LogP contribution < -0.4 is 0 Å². The number of unbranched alkanes of at least 4 members (excludes halogenated alkanes) is 4. The SMILES string of the molecule is CCCCCc1cccc(COCc2cccc(CCCCC)c2C=O)c1C=O. The van der Waals surface area contributed by atoms with Gasteiger partial charge in [-0.2, -0.15) is 0 Å². The Balaban J connectivity index is 2.04. The zero-order valence-electron chi connectivity index (χ0n) is 17.9. The number of carbonyl (C=O) groups excluding carboxylic acids is 2. The fraction of sp³-hybridized carbons (Fsp3) is 0.462. The fourth-order valence-corrected chi connectivity index (χ4v) is 3.72. The topological polar surface area (TPSA) is 43.4 Å². The molecule has 0 radical (unpaired) electrons. The highest BCUT2D eigenvalue weighted by Gasteiger charge is 2.10. The van der Waals surface area contributed by atoms with Crippen molar-refractivity contribution in [2.45, 2.75) is 78.4 Å². The highest BCUT2D eigenvalue weighted by Crippen LogP contribution is 2.20. The molecule has 0 aromatic heterocycles. The van der Waals surface area contributed by atoms with Gasteiger partial charge in [0.1, 0.15) is 0 Å². The van der Waals surface area contributed by atoms with Crippen molar-refractivity contribution in [3.63, 3.8) is 0 Å². The molecule has 0 atom stereocenters. The van der Waals surface area contributed by atoms with E-state index in [2.05, 4.69) is 13.8 Å². The largest absolute Gasteiger partial charge is 0.372 e. The third-order valence-corrected chi connectivity index (χ3v) is 5.42. The average Bonchev–Trinajstić information content (AvgIpc) is 2.74. The summed E-state index contributed by atoms with van der Waals surface area (Å²) in [6, 6.07) is 12.0. The first-order chi connectivity index (χ1) is 14.2. The smallest absolute Gasteiger partial charge is 0.150 e. The minimum absolute atomic E-state index is 0.369. The van der Waals surface area contributed by atoms with Gasteiger partial charge >= 0.3 is 0 Å². The van der Waals surface area contributed by atoms with Gasteiger partial charge in [0.15, 0.2) is 12.6 Å². The molecular weight excluding hydrogens is 360 g/mol. The van der Waals surface area contributed by atoms with Crippen LogP contribution in [0.3, 0.4) is 0 Å². The molecule has 0 aliphatic rings. The first kappa shape index (κ1) is 23.0. The summed E-state index contributed by atoms with van der Waals surface area (Å²) in [5.74, 6) is 0. The molecule has 0 amide bonds. The summed E-state index contributed by atoms with van der Waals surface area (Å²) in [7, 11) is 0. The maximum Gasteiger partial charge on any atom is 0.150 e. The van der Waals surface area contributed by atoms with Crippen molar-refractivity contribution in [1.29, 1.82) is 0 Å². The van der Waals surface area contributed by atoms with Crippen molar-refractivity contribution < 1.29 is 14.3 Å². The lowest BCUT2D eigenvalue weighted by Gasteiger charge is -2.13. The second-order valence-corrected chi connectivity index (χ2v) is 7.62. The highest BCUT2D eigenvalue weighted by atomic mass is 16.5. The Morgan fingerprint density at radius 1 is 0.655 bits per heavy atom. The molecule has 0 saturated carbocycles. The predicted octanol–water partition coefficient (Wildman–Crippen LogP) is 6.49. The van der Waals surface area contributed by atoms with E-state index in [-0.39, 0.29) is 0 Å². The van der Waals surface area contributed by atoms with E-state index in [0.717, 1.165) is 84.5 Å². The molecule has 3 heteroatoms. The molecule has 29 heavy (non-hydrogen) atoms. The van der Waals surface area contributed by atoms with Crippen LogP contribution in [0.1, 0.15) is 95.3 Å². The molecule has 0 N–H and O–H groups in total. The van der Waals surface area contributed by atoms with E-state index in [4.69, 9.17) is 4.74 Å². The maximum atomic E-state index is 11.7. The Morgan fingerprint density at radius 3 is 1.45 bits per heavy atom. The normalized spacial score (nSPS) is 10.8. The molecule has 0 bridgehead atoms. The van der Waals surface area contributed by atoms with Gasteiger partial charge in [-0.15, -0.1) is 0 Å². The number of hydrogen-bond acceptors (Lipinski definition) is 3. The molecule has 2 aromatic rings. The molecule has 0 unspecified atom stereocenters. The fourth-order valence-electron chi connectivity index (χ4n) is 3.72. The number of aldehydes is 2. The van der Waals surface area contributed by atoms with Gasteiger partial charge in [0.2, 0.25) is 0 Å². The van der Waals surface area contributed by atoms with Gasteiger partial charge in [-0.05, 0) is 47.9 Å². The molecule has 0 aliphatic carbocycles. The number of benzene rings is 2. The number of ether oxygens (including phenoxy) is 1. The van der Waals surface area contributed by atoms with Gasteiger partial charge in [0, 0.05) is 11.1 Å². The zero-order chi connectivity index (χ0) is 20.9. The van der Waals surface area contributed by atoms with E-state index in [0.29, 0.717) is 13.2 Å². The Kier molecular flexibility index (Phi) is 10.4. The Bertz CT molecular complexity index is 714. The van der Waals surface area contributed by atoms with E-state index >= 15 is 0 Å². The van der Waals surface area contributed by atoms with Crippen LogP contribution in [0.15, 0.2) is 36.4 Å². The second-order valence-electron chi connectivity index (χ2n) is 7.62. The molecule has 2 aromatic carbocycles. The molecule has 0 heterocycles. The van der Waals surface area contributed by atoms with Crippen LogP contribution in [0.5, 0.6) is 0 Å². The molecule has 0 aliphatic heterocycles. The molecule has 3 nitrogen and oxygen atoms in total. The summed E-state index contributed by atoms with van der Waals surface area (Å²) in [4.78, 5) is 23.4. The summed E-state index contributed by atoms with van der Waals surface area (Å²) in [5, 5.41) is 0. The van der Waals surface area contributed by atoms with E-state index in [1.807, 2.05) is 36.4 Å². The summed E-state index contributed by atoms with van der Waals surface area (Å²) >= 11 is 0. The summed E-state index contributed by atoms with van der Waals surface area (Å²) in [6.07, 6.45) is 10.6. The average molecular weight is 395 g/mol. The van der Waals surface area contributed by atoms with Gasteiger partial charge in [-0.1, -0.05) is 75.9 Å². The Labute approximate surface area is 175 Å². The zero-order valence-corrected chi connectivity index (χ0v) is 17.9. The van der Waals surface area contributed by atoms with Gasteiger partial charge in [0.05, 0.1) is 13.2 Å². The highest BCUT2D eigenvalue weighted by molar-refractivity contribution is 5.80. The van der Waals surface area contributed by atoms with E-state index in [1.165, 1.54) is 12.8 Å². The lowest BCUT2D eigenvalue weighted by atomic mass is 9.97. The lowest BCUT2D eigenvalue weighted by molar-refractivity contribution is 0.101. The number of carbonyl (C=O) groups is 2. The van der Waals surface area contributed by atoms with Gasteiger partial charge in [-0.3, -0.25) is 9.59 Å². The molecular formula is C26H34O3. The predicted molar refractivity (Wildman–Crippen MR) is 119 cm³/mol. The first-order valence-electron chi connectivity index (χ1n) is 10.9. The van der Waals surface area contributed by atoms with Crippen molar-refractivity contribution in [1.82, 2.24) is 0 Å². The maximum absolute atomic E-state index is 11.7. The van der Waals surface area contributed by atoms with Crippen molar-refractivity contribution in [2.75, 3.05) is 0 Å². The van der Waals surface area contributed by atoms with Crippen LogP contribution in [0.4, 0.5) is 0 Å². The molecule has 0 fully saturated rings. The molecule has 2 rings (SSSR count). The first-order valence-corrected chi connectivity index (χ1v) is 10.9. The van der Waals surface area contributed by atoms with E-state index in [1.54, 1.807) is 0 Å². The number of aryl methyl sites for hydroxylation is 2. The number of rotatable bonds is 14. The molecule has 0 saturated heterocycles. The monoisotopic (exact) mass is 394 g/mol. The van der Waals surface area contributed by atoms with Gasteiger partial charge < -0.3 is 4.74 Å². The Morgan fingerprint density at radius 2 is 1.07 bits per heavy atom. The van der Waals surface area contributed by atoms with Crippen molar-refractivity contribution in [3.05, 3.63) is 69.8 Å². The minimum Gasteiger partial charge on any atom is -0.372 e. The lowest BCUT2D eigenvalue weighted by Crippen LogP contribution is -2.05. The molecule has 0 spiro atoms. The second kappa shape index (κ2) is 13.1. The van der Waals surface area contributed by atoms with Crippen LogP contribution in [-0.2, 0) is 30.8 Å². The standard InChI is InChI=1S/C26H34O3/c1-3-5-7-11-21-13-9-15-23(25(21)17-27)19-29-20-24-16-10-14-22(26(24)18-28)12-8-6-4-2/h9-10,13-18H,3-8,11-12,19-20H2,1-2H3. The van der Waals surface area contributed by atoms with Crippen molar-refractivity contribution >= 4 is 12.6 Å². The third kappa shape index (κ3) is 6.93.